The second-order valence-electron chi connectivity index (χ2n) is 4.52. The molecule has 0 fully saturated rings. The van der Waals surface area contributed by atoms with Gasteiger partial charge in [-0.3, -0.25) is 0 Å². The Morgan fingerprint density at radius 1 is 0.895 bits per heavy atom. The Hall–Kier alpha value is -2.16. The molecule has 0 spiro atoms. The van der Waals surface area contributed by atoms with Crippen LogP contribution in [-0.4, -0.2) is 15.3 Å². The molecule has 19 heavy (non-hydrogen) atoms. The zero-order chi connectivity index (χ0) is 14.0. The summed E-state index contributed by atoms with van der Waals surface area (Å²) in [5.74, 6) is 0.412. The van der Waals surface area contributed by atoms with Crippen LogP contribution in [0.1, 0.15) is 25.0 Å². The molecule has 3 heteroatoms. The molecule has 3 nitrogen and oxygen atoms in total. The highest BCUT2D eigenvalue weighted by atomic mass is 16.3. The van der Waals surface area contributed by atoms with Crippen molar-refractivity contribution in [3.8, 4) is 28.4 Å². The molecule has 0 saturated heterocycles. The fraction of sp³-hybridized carbons (Fsp3) is 0.250. The van der Waals surface area contributed by atoms with Crippen LogP contribution < -0.4 is 0 Å². The Labute approximate surface area is 112 Å². The van der Waals surface area contributed by atoms with Crippen LogP contribution in [0, 0.1) is 0 Å². The SMILES string of the molecule is CCc1cc(-c2cccc(O)c2)c(O)c(CC)c1O. The molecule has 0 amide bonds. The Morgan fingerprint density at radius 2 is 1.63 bits per heavy atom. The summed E-state index contributed by atoms with van der Waals surface area (Å²) in [5.41, 5.74) is 2.73. The van der Waals surface area contributed by atoms with Gasteiger partial charge in [0.05, 0.1) is 0 Å². The van der Waals surface area contributed by atoms with Crippen molar-refractivity contribution in [2.24, 2.45) is 0 Å². The number of aromatic hydroxyl groups is 3. The summed E-state index contributed by atoms with van der Waals surface area (Å²) in [6, 6.07) is 8.52. The van der Waals surface area contributed by atoms with Crippen LogP contribution >= 0.6 is 0 Å². The first kappa shape index (κ1) is 13.3. The molecule has 2 aromatic rings. The average Bonchev–Trinajstić information content (AvgIpc) is 2.39. The standard InChI is InChI=1S/C16H18O3/c1-3-10-9-14(11-6-5-7-12(17)8-11)16(19)13(4-2)15(10)18/h5-9,17-19H,3-4H2,1-2H3. The highest BCUT2D eigenvalue weighted by Gasteiger charge is 2.16. The maximum Gasteiger partial charge on any atom is 0.130 e. The Kier molecular flexibility index (Phi) is 3.65. The molecule has 0 bridgehead atoms. The minimum Gasteiger partial charge on any atom is -0.508 e. The van der Waals surface area contributed by atoms with E-state index in [-0.39, 0.29) is 17.2 Å². The van der Waals surface area contributed by atoms with E-state index in [1.165, 1.54) is 0 Å². The minimum absolute atomic E-state index is 0.0859. The molecule has 0 aliphatic rings. The van der Waals surface area contributed by atoms with Gasteiger partial charge in [-0.1, -0.05) is 26.0 Å². The molecule has 0 saturated carbocycles. The number of hydrogen-bond acceptors (Lipinski definition) is 3. The molecule has 2 aromatic carbocycles. The van der Waals surface area contributed by atoms with E-state index < -0.39 is 0 Å². The van der Waals surface area contributed by atoms with E-state index in [4.69, 9.17) is 0 Å². The molecule has 0 aliphatic heterocycles. The van der Waals surface area contributed by atoms with Gasteiger partial charge in [0, 0.05) is 11.1 Å². The average molecular weight is 258 g/mol. The van der Waals surface area contributed by atoms with Gasteiger partial charge in [-0.25, -0.2) is 0 Å². The van der Waals surface area contributed by atoms with Gasteiger partial charge in [0.2, 0.25) is 0 Å². The summed E-state index contributed by atoms with van der Waals surface area (Å²) in [6.45, 7) is 3.85. The second-order valence-corrected chi connectivity index (χ2v) is 4.52. The predicted molar refractivity (Wildman–Crippen MR) is 75.6 cm³/mol. The van der Waals surface area contributed by atoms with Crippen molar-refractivity contribution in [2.75, 3.05) is 0 Å². The highest BCUT2D eigenvalue weighted by Crippen LogP contribution is 2.40. The van der Waals surface area contributed by atoms with Crippen LogP contribution in [0.4, 0.5) is 0 Å². The number of hydrogen-bond donors (Lipinski definition) is 3. The molecule has 0 aliphatic carbocycles. The lowest BCUT2D eigenvalue weighted by molar-refractivity contribution is 0.436. The normalized spacial score (nSPS) is 10.6. The van der Waals surface area contributed by atoms with Crippen molar-refractivity contribution in [3.63, 3.8) is 0 Å². The molecule has 0 atom stereocenters. The van der Waals surface area contributed by atoms with E-state index in [0.29, 0.717) is 24.0 Å². The molecule has 0 heterocycles. The fourth-order valence-corrected chi connectivity index (χ4v) is 2.28. The zero-order valence-electron chi connectivity index (χ0n) is 11.1. The van der Waals surface area contributed by atoms with Gasteiger partial charge in [-0.15, -0.1) is 0 Å². The van der Waals surface area contributed by atoms with E-state index in [2.05, 4.69) is 0 Å². The Bertz CT molecular complexity index is 603. The maximum absolute atomic E-state index is 10.3. The van der Waals surface area contributed by atoms with E-state index in [0.717, 1.165) is 11.1 Å². The lowest BCUT2D eigenvalue weighted by atomic mass is 9.95. The Balaban J connectivity index is 2.70. The lowest BCUT2D eigenvalue weighted by Crippen LogP contribution is -1.93. The minimum atomic E-state index is 0.0859. The molecule has 100 valence electrons. The Morgan fingerprint density at radius 3 is 2.21 bits per heavy atom. The van der Waals surface area contributed by atoms with Gasteiger partial charge in [0.25, 0.3) is 0 Å². The smallest absolute Gasteiger partial charge is 0.130 e. The quantitative estimate of drug-likeness (QED) is 0.788. The van der Waals surface area contributed by atoms with Crippen LogP contribution in [0.3, 0.4) is 0 Å². The molecule has 0 aromatic heterocycles. The second kappa shape index (κ2) is 5.22. The third kappa shape index (κ3) is 2.36. The van der Waals surface area contributed by atoms with Crippen LogP contribution in [-0.2, 0) is 12.8 Å². The third-order valence-electron chi connectivity index (χ3n) is 3.34. The zero-order valence-corrected chi connectivity index (χ0v) is 11.1. The lowest BCUT2D eigenvalue weighted by Gasteiger charge is -2.14. The monoisotopic (exact) mass is 258 g/mol. The predicted octanol–water partition coefficient (Wildman–Crippen LogP) is 3.60. The molecule has 0 unspecified atom stereocenters. The summed E-state index contributed by atoms with van der Waals surface area (Å²) >= 11 is 0. The van der Waals surface area contributed by atoms with Gasteiger partial charge >= 0.3 is 0 Å². The summed E-state index contributed by atoms with van der Waals surface area (Å²) in [4.78, 5) is 0. The van der Waals surface area contributed by atoms with Crippen molar-refractivity contribution < 1.29 is 15.3 Å². The number of rotatable bonds is 3. The summed E-state index contributed by atoms with van der Waals surface area (Å²) in [7, 11) is 0. The molecule has 2 rings (SSSR count). The molecular weight excluding hydrogens is 240 g/mol. The van der Waals surface area contributed by atoms with E-state index >= 15 is 0 Å². The number of aryl methyl sites for hydroxylation is 1. The van der Waals surface area contributed by atoms with Gasteiger partial charge < -0.3 is 15.3 Å². The van der Waals surface area contributed by atoms with E-state index in [1.807, 2.05) is 19.9 Å². The largest absolute Gasteiger partial charge is 0.508 e. The van der Waals surface area contributed by atoms with Crippen molar-refractivity contribution in [3.05, 3.63) is 41.5 Å². The van der Waals surface area contributed by atoms with Gasteiger partial charge in [0.1, 0.15) is 17.2 Å². The van der Waals surface area contributed by atoms with E-state index in [1.54, 1.807) is 24.3 Å². The number of benzene rings is 2. The third-order valence-corrected chi connectivity index (χ3v) is 3.34. The number of phenolic OH excluding ortho intramolecular Hbond substituents is 3. The van der Waals surface area contributed by atoms with Crippen molar-refractivity contribution in [1.29, 1.82) is 0 Å². The van der Waals surface area contributed by atoms with Crippen LogP contribution in [0.5, 0.6) is 17.2 Å². The first-order valence-corrected chi connectivity index (χ1v) is 6.44. The first-order valence-electron chi connectivity index (χ1n) is 6.44. The van der Waals surface area contributed by atoms with Crippen LogP contribution in [0.2, 0.25) is 0 Å². The van der Waals surface area contributed by atoms with Crippen molar-refractivity contribution in [1.82, 2.24) is 0 Å². The first-order chi connectivity index (χ1) is 9.08. The summed E-state index contributed by atoms with van der Waals surface area (Å²) < 4.78 is 0. The van der Waals surface area contributed by atoms with Crippen LogP contribution in [0.15, 0.2) is 30.3 Å². The van der Waals surface area contributed by atoms with Crippen molar-refractivity contribution >= 4 is 0 Å². The fourth-order valence-electron chi connectivity index (χ4n) is 2.28. The highest BCUT2D eigenvalue weighted by molar-refractivity contribution is 5.75. The maximum atomic E-state index is 10.3. The topological polar surface area (TPSA) is 60.7 Å². The van der Waals surface area contributed by atoms with E-state index in [9.17, 15) is 15.3 Å². The molecule has 0 radical (unpaired) electrons. The number of phenols is 3. The molecular formula is C16H18O3. The summed E-state index contributed by atoms with van der Waals surface area (Å²) in [5, 5.41) is 29.9. The van der Waals surface area contributed by atoms with Gasteiger partial charge in [-0.2, -0.15) is 0 Å². The van der Waals surface area contributed by atoms with Crippen LogP contribution in [0.25, 0.3) is 11.1 Å². The summed E-state index contributed by atoms with van der Waals surface area (Å²) in [6.07, 6.45) is 1.24. The van der Waals surface area contributed by atoms with Crippen molar-refractivity contribution in [2.45, 2.75) is 26.7 Å². The van der Waals surface area contributed by atoms with Gasteiger partial charge in [-0.05, 0) is 42.2 Å². The molecule has 3 N–H and O–H groups in total. The van der Waals surface area contributed by atoms with Gasteiger partial charge in [0.15, 0.2) is 0 Å².